The summed E-state index contributed by atoms with van der Waals surface area (Å²) in [4.78, 5) is 28.5. The Morgan fingerprint density at radius 2 is 2.04 bits per heavy atom. The zero-order chi connectivity index (χ0) is 18.0. The van der Waals surface area contributed by atoms with E-state index in [-0.39, 0.29) is 5.56 Å². The summed E-state index contributed by atoms with van der Waals surface area (Å²) >= 11 is 11.9. The second-order valence-corrected chi connectivity index (χ2v) is 6.01. The van der Waals surface area contributed by atoms with Gasteiger partial charge in [-0.2, -0.15) is 0 Å². The summed E-state index contributed by atoms with van der Waals surface area (Å²) in [5.74, 6) is -1.22. The average molecular weight is 379 g/mol. The van der Waals surface area contributed by atoms with Crippen molar-refractivity contribution in [3.63, 3.8) is 0 Å². The molecule has 128 valence electrons. The molecule has 3 rings (SSSR count). The third kappa shape index (κ3) is 3.75. The minimum Gasteiger partial charge on any atom is -0.449 e. The van der Waals surface area contributed by atoms with Crippen LogP contribution in [-0.4, -0.2) is 23.0 Å². The molecule has 0 radical (unpaired) electrons. The van der Waals surface area contributed by atoms with Gasteiger partial charge in [0.15, 0.2) is 18.1 Å². The third-order valence-corrected chi connectivity index (χ3v) is 3.98. The van der Waals surface area contributed by atoms with Gasteiger partial charge in [0.1, 0.15) is 5.52 Å². The summed E-state index contributed by atoms with van der Waals surface area (Å²) < 4.78 is 10.3. The van der Waals surface area contributed by atoms with E-state index in [1.165, 1.54) is 19.4 Å². The van der Waals surface area contributed by atoms with Crippen molar-refractivity contribution in [1.82, 2.24) is 4.98 Å². The molecule has 1 heterocycles. The van der Waals surface area contributed by atoms with E-state index in [1.54, 1.807) is 30.3 Å². The molecule has 0 saturated heterocycles. The van der Waals surface area contributed by atoms with Crippen molar-refractivity contribution in [1.29, 1.82) is 0 Å². The third-order valence-electron chi connectivity index (χ3n) is 3.42. The number of benzene rings is 2. The van der Waals surface area contributed by atoms with Gasteiger partial charge in [0, 0.05) is 5.02 Å². The van der Waals surface area contributed by atoms with Gasteiger partial charge < -0.3 is 14.5 Å². The summed E-state index contributed by atoms with van der Waals surface area (Å²) in [5.41, 5.74) is 1.38. The number of carbonyl (C=O) groups is 2. The van der Waals surface area contributed by atoms with Crippen molar-refractivity contribution in [2.45, 2.75) is 13.0 Å². The highest BCUT2D eigenvalue weighted by Gasteiger charge is 2.22. The number of nitrogens with one attached hydrogen (secondary N) is 1. The molecule has 8 heteroatoms. The first-order valence-electron chi connectivity index (χ1n) is 7.25. The quantitative estimate of drug-likeness (QED) is 0.683. The molecule has 3 aromatic rings. The van der Waals surface area contributed by atoms with E-state index in [1.807, 2.05) is 0 Å². The van der Waals surface area contributed by atoms with Crippen molar-refractivity contribution in [2.75, 3.05) is 5.32 Å². The van der Waals surface area contributed by atoms with Crippen molar-refractivity contribution < 1.29 is 18.7 Å². The number of amides is 1. The summed E-state index contributed by atoms with van der Waals surface area (Å²) in [6, 6.07) is 9.53. The Bertz CT molecular complexity index is 955. The molecule has 2 aromatic carbocycles. The number of ether oxygens (including phenoxy) is 1. The van der Waals surface area contributed by atoms with E-state index >= 15 is 0 Å². The monoisotopic (exact) mass is 378 g/mol. The van der Waals surface area contributed by atoms with Crippen molar-refractivity contribution >= 4 is 51.9 Å². The fourth-order valence-electron chi connectivity index (χ4n) is 2.16. The molecule has 0 saturated carbocycles. The Morgan fingerprint density at radius 1 is 1.24 bits per heavy atom. The smallest absolute Gasteiger partial charge is 0.341 e. The molecule has 0 aliphatic carbocycles. The second-order valence-electron chi connectivity index (χ2n) is 5.17. The molecule has 25 heavy (non-hydrogen) atoms. The van der Waals surface area contributed by atoms with Gasteiger partial charge in [-0.3, -0.25) is 4.79 Å². The first kappa shape index (κ1) is 17.3. The van der Waals surface area contributed by atoms with Crippen LogP contribution in [0, 0.1) is 0 Å². The van der Waals surface area contributed by atoms with Crippen LogP contribution in [0.2, 0.25) is 10.0 Å². The van der Waals surface area contributed by atoms with E-state index in [4.69, 9.17) is 32.4 Å². The summed E-state index contributed by atoms with van der Waals surface area (Å²) in [7, 11) is 0. The number of fused-ring (bicyclic) bond motifs is 1. The summed E-state index contributed by atoms with van der Waals surface area (Å²) in [6.45, 7) is 1.45. The van der Waals surface area contributed by atoms with Crippen LogP contribution in [0.3, 0.4) is 0 Å². The lowest BCUT2D eigenvalue weighted by Gasteiger charge is -2.14. The van der Waals surface area contributed by atoms with Gasteiger partial charge in [0.25, 0.3) is 5.91 Å². The van der Waals surface area contributed by atoms with Crippen LogP contribution in [0.1, 0.15) is 17.3 Å². The normalized spacial score (nSPS) is 12.0. The number of hydrogen-bond donors (Lipinski definition) is 1. The Balaban J connectivity index is 1.72. The largest absolute Gasteiger partial charge is 0.449 e. The van der Waals surface area contributed by atoms with Crippen LogP contribution in [0.5, 0.6) is 0 Å². The molecule has 1 N–H and O–H groups in total. The Labute approximate surface area is 152 Å². The molecule has 0 aliphatic heterocycles. The molecule has 1 atom stereocenters. The first-order valence-corrected chi connectivity index (χ1v) is 8.00. The molecular formula is C17H12Cl2N2O4. The van der Waals surface area contributed by atoms with Crippen LogP contribution in [0.25, 0.3) is 11.1 Å². The number of rotatable bonds is 4. The lowest BCUT2D eigenvalue weighted by molar-refractivity contribution is -0.123. The zero-order valence-corrected chi connectivity index (χ0v) is 14.5. The summed E-state index contributed by atoms with van der Waals surface area (Å²) in [6.07, 6.45) is 0.184. The molecule has 0 bridgehead atoms. The highest BCUT2D eigenvalue weighted by Crippen LogP contribution is 2.26. The molecule has 0 spiro atoms. The maximum absolute atomic E-state index is 12.3. The Kier molecular flexibility index (Phi) is 4.92. The van der Waals surface area contributed by atoms with E-state index in [9.17, 15) is 9.59 Å². The maximum atomic E-state index is 12.3. The zero-order valence-electron chi connectivity index (χ0n) is 13.0. The van der Waals surface area contributed by atoms with Gasteiger partial charge in [-0.05, 0) is 37.3 Å². The highest BCUT2D eigenvalue weighted by molar-refractivity contribution is 6.35. The molecule has 1 unspecified atom stereocenters. The van der Waals surface area contributed by atoms with Gasteiger partial charge in [-0.25, -0.2) is 9.78 Å². The van der Waals surface area contributed by atoms with Crippen molar-refractivity contribution in [2.24, 2.45) is 0 Å². The Hall–Kier alpha value is -2.57. The van der Waals surface area contributed by atoms with Crippen LogP contribution in [-0.2, 0) is 9.53 Å². The van der Waals surface area contributed by atoms with E-state index in [0.717, 1.165) is 0 Å². The predicted molar refractivity (Wildman–Crippen MR) is 94.0 cm³/mol. The average Bonchev–Trinajstić information content (AvgIpc) is 3.06. The van der Waals surface area contributed by atoms with Crippen molar-refractivity contribution in [3.05, 3.63) is 58.4 Å². The minimum atomic E-state index is -1.05. The SMILES string of the molecule is CC(OC(=O)c1cccc2ocnc12)C(=O)Nc1cc(Cl)ccc1Cl. The fourth-order valence-corrected chi connectivity index (χ4v) is 2.49. The van der Waals surface area contributed by atoms with Gasteiger partial charge >= 0.3 is 5.97 Å². The number of aromatic nitrogens is 1. The molecule has 1 amide bonds. The van der Waals surface area contributed by atoms with Gasteiger partial charge in [0.05, 0.1) is 16.3 Å². The van der Waals surface area contributed by atoms with Crippen molar-refractivity contribution in [3.8, 4) is 0 Å². The minimum absolute atomic E-state index is 0.215. The number of carbonyl (C=O) groups excluding carboxylic acids is 2. The number of nitrogens with zero attached hydrogens (tertiary/aromatic N) is 1. The number of halogens is 2. The fraction of sp³-hybridized carbons (Fsp3) is 0.118. The Morgan fingerprint density at radius 3 is 2.84 bits per heavy atom. The molecule has 0 fully saturated rings. The number of hydrogen-bond acceptors (Lipinski definition) is 5. The predicted octanol–water partition coefficient (Wildman–Crippen LogP) is 4.32. The van der Waals surface area contributed by atoms with Crippen LogP contribution in [0.4, 0.5) is 5.69 Å². The number of anilines is 1. The lowest BCUT2D eigenvalue weighted by Crippen LogP contribution is -2.30. The van der Waals surface area contributed by atoms with E-state index < -0.39 is 18.0 Å². The number of oxazole rings is 1. The standard InChI is InChI=1S/C17H12Cl2N2O4/c1-9(16(22)21-13-7-10(18)5-6-12(13)19)25-17(23)11-3-2-4-14-15(11)20-8-24-14/h2-9H,1H3,(H,21,22). The number of para-hydroxylation sites is 1. The van der Waals surface area contributed by atoms with Gasteiger partial charge in [0.2, 0.25) is 0 Å². The highest BCUT2D eigenvalue weighted by atomic mass is 35.5. The first-order chi connectivity index (χ1) is 12.0. The lowest BCUT2D eigenvalue weighted by atomic mass is 10.2. The van der Waals surface area contributed by atoms with Gasteiger partial charge in [-0.15, -0.1) is 0 Å². The van der Waals surface area contributed by atoms with Crippen LogP contribution in [0.15, 0.2) is 47.2 Å². The topological polar surface area (TPSA) is 81.4 Å². The molecule has 0 aliphatic rings. The maximum Gasteiger partial charge on any atom is 0.341 e. The summed E-state index contributed by atoms with van der Waals surface area (Å²) in [5, 5.41) is 3.31. The van der Waals surface area contributed by atoms with E-state index in [2.05, 4.69) is 10.3 Å². The molecule has 1 aromatic heterocycles. The van der Waals surface area contributed by atoms with Crippen LogP contribution < -0.4 is 5.32 Å². The second kappa shape index (κ2) is 7.13. The molecule has 6 nitrogen and oxygen atoms in total. The van der Waals surface area contributed by atoms with Crippen LogP contribution >= 0.6 is 23.2 Å². The molecular weight excluding hydrogens is 367 g/mol. The number of esters is 1. The van der Waals surface area contributed by atoms with Gasteiger partial charge in [-0.1, -0.05) is 29.3 Å². The van der Waals surface area contributed by atoms with E-state index in [0.29, 0.717) is 26.8 Å².